The van der Waals surface area contributed by atoms with Crippen molar-refractivity contribution in [2.75, 3.05) is 25.0 Å². The Bertz CT molecular complexity index is 387. The monoisotopic (exact) mass is 375 g/mol. The molecule has 23 heavy (non-hydrogen) atoms. The minimum Gasteiger partial charge on any atom is -0.547 e. The number of hydrogen-bond acceptors (Lipinski definition) is 9. The number of halogens is 2. The molecule has 0 aliphatic heterocycles. The fourth-order valence-corrected chi connectivity index (χ4v) is 1.43. The Morgan fingerprint density at radius 2 is 1.30 bits per heavy atom. The molecule has 0 saturated carbocycles. The maximum atomic E-state index is 11.4. The van der Waals surface area contributed by atoms with Crippen molar-refractivity contribution in [3.05, 3.63) is 0 Å². The molecule has 11 heteroatoms. The van der Waals surface area contributed by atoms with Crippen molar-refractivity contribution in [1.29, 1.82) is 0 Å². The van der Waals surface area contributed by atoms with E-state index in [-0.39, 0.29) is 11.8 Å². The lowest BCUT2D eigenvalue weighted by molar-refractivity contribution is -0.325. The van der Waals surface area contributed by atoms with Gasteiger partial charge in [-0.05, 0) is 0 Å². The highest BCUT2D eigenvalue weighted by Gasteiger charge is 2.36. The van der Waals surface area contributed by atoms with E-state index in [1.807, 2.05) is 0 Å². The second-order valence-electron chi connectivity index (χ2n) is 4.65. The first-order valence-electron chi connectivity index (χ1n) is 6.37. The summed E-state index contributed by atoms with van der Waals surface area (Å²) in [5, 5.41) is 39.0. The molecule has 0 saturated heterocycles. The molecule has 2 atom stereocenters. The molecule has 2 unspecified atom stereocenters. The van der Waals surface area contributed by atoms with E-state index in [0.717, 1.165) is 0 Å². The van der Waals surface area contributed by atoms with Gasteiger partial charge in [-0.3, -0.25) is 9.59 Å². The molecule has 0 aromatic rings. The van der Waals surface area contributed by atoms with Crippen LogP contribution in [0.5, 0.6) is 0 Å². The number of aliphatic hydroxyl groups is 3. The lowest BCUT2D eigenvalue weighted by atomic mass is 9.96. The zero-order chi connectivity index (χ0) is 18.0. The van der Waals surface area contributed by atoms with Crippen LogP contribution in [0.15, 0.2) is 0 Å². The Morgan fingerprint density at radius 1 is 0.957 bits per heavy atom. The average molecular weight is 376 g/mol. The Labute approximate surface area is 141 Å². The van der Waals surface area contributed by atoms with E-state index in [0.29, 0.717) is 0 Å². The van der Waals surface area contributed by atoms with Gasteiger partial charge in [-0.25, -0.2) is 0 Å². The number of carboxylic acid groups (broad SMARTS) is 1. The smallest absolute Gasteiger partial charge is 0.309 e. The summed E-state index contributed by atoms with van der Waals surface area (Å²) in [5.41, 5.74) is -2.86. The van der Waals surface area contributed by atoms with E-state index < -0.39 is 61.8 Å². The van der Waals surface area contributed by atoms with Crippen molar-refractivity contribution in [2.24, 2.45) is 0 Å². The Balaban J connectivity index is 4.58. The van der Waals surface area contributed by atoms with Gasteiger partial charge in [0.1, 0.15) is 31.0 Å². The summed E-state index contributed by atoms with van der Waals surface area (Å²) in [6, 6.07) is 0. The predicted octanol–water partition coefficient (Wildman–Crippen LogP) is -2.47. The summed E-state index contributed by atoms with van der Waals surface area (Å²) < 4.78 is 9.01. The molecule has 0 bridgehead atoms. The lowest BCUT2D eigenvalue weighted by Crippen LogP contribution is -2.51. The van der Waals surface area contributed by atoms with Crippen LogP contribution < -0.4 is 5.11 Å². The van der Waals surface area contributed by atoms with Crippen LogP contribution in [0.4, 0.5) is 0 Å². The predicted molar refractivity (Wildman–Crippen MR) is 74.6 cm³/mol. The molecule has 3 N–H and O–H groups in total. The first kappa shape index (κ1) is 21.9. The number of aliphatic carboxylic acids is 1. The zero-order valence-electron chi connectivity index (χ0n) is 11.9. The quantitative estimate of drug-likeness (QED) is 0.263. The number of hydrogen-bond donors (Lipinski definition) is 3. The van der Waals surface area contributed by atoms with Gasteiger partial charge >= 0.3 is 11.9 Å². The van der Waals surface area contributed by atoms with Gasteiger partial charge in [0.05, 0.1) is 30.6 Å². The number of ether oxygens (including phenoxy) is 2. The Morgan fingerprint density at radius 3 is 1.57 bits per heavy atom. The van der Waals surface area contributed by atoms with E-state index in [1.54, 1.807) is 0 Å². The third-order valence-corrected chi connectivity index (χ3v) is 3.20. The van der Waals surface area contributed by atoms with E-state index in [2.05, 4.69) is 9.47 Å². The van der Waals surface area contributed by atoms with Crippen molar-refractivity contribution >= 4 is 41.1 Å². The summed E-state index contributed by atoms with van der Waals surface area (Å²) in [5.74, 6) is -4.88. The normalized spacial score (nSPS) is 16.0. The lowest BCUT2D eigenvalue weighted by Gasteiger charge is -2.27. The van der Waals surface area contributed by atoms with Crippen LogP contribution in [-0.2, 0) is 23.9 Å². The van der Waals surface area contributed by atoms with Gasteiger partial charge in [0.25, 0.3) is 0 Å². The van der Waals surface area contributed by atoms with Crippen molar-refractivity contribution in [3.63, 3.8) is 0 Å². The fourth-order valence-electron chi connectivity index (χ4n) is 1.25. The van der Waals surface area contributed by atoms with E-state index in [4.69, 9.17) is 33.4 Å². The molecule has 0 radical (unpaired) electrons. The van der Waals surface area contributed by atoms with Gasteiger partial charge in [0.15, 0.2) is 0 Å². The van der Waals surface area contributed by atoms with Crippen molar-refractivity contribution in [3.8, 4) is 0 Å². The second-order valence-corrected chi connectivity index (χ2v) is 5.27. The first-order chi connectivity index (χ1) is 10.6. The van der Waals surface area contributed by atoms with E-state index in [1.165, 1.54) is 0 Å². The van der Waals surface area contributed by atoms with Gasteiger partial charge in [0, 0.05) is 0 Å². The maximum absolute atomic E-state index is 11.4. The summed E-state index contributed by atoms with van der Waals surface area (Å²) in [6.07, 6.45) is -4.51. The number of carboxylic acids is 1. The number of aliphatic hydroxyl groups excluding tert-OH is 2. The fraction of sp³-hybridized carbons (Fsp3) is 0.750. The third kappa shape index (κ3) is 8.92. The maximum Gasteiger partial charge on any atom is 0.309 e. The van der Waals surface area contributed by atoms with E-state index in [9.17, 15) is 24.6 Å². The SMILES string of the molecule is O=C(CC(O)(CC(=O)OCC(O)CCl)C(=O)[O-])OCC(O)CCl. The number of rotatable bonds is 11. The number of carbonyl (C=O) groups excluding carboxylic acids is 3. The molecule has 0 aliphatic carbocycles. The molecule has 0 spiro atoms. The number of carbonyl (C=O) groups is 3. The molecule has 0 fully saturated rings. The summed E-state index contributed by atoms with van der Waals surface area (Å²) in [6.45, 7) is -1.00. The van der Waals surface area contributed by atoms with Crippen molar-refractivity contribution in [1.82, 2.24) is 0 Å². The Hall–Kier alpha value is -1.13. The van der Waals surface area contributed by atoms with Crippen LogP contribution >= 0.6 is 23.2 Å². The molecule has 0 amide bonds. The third-order valence-electron chi connectivity index (χ3n) is 2.48. The van der Waals surface area contributed by atoms with Gasteiger partial charge in [0.2, 0.25) is 0 Å². The summed E-state index contributed by atoms with van der Waals surface area (Å²) in [7, 11) is 0. The van der Waals surface area contributed by atoms with Gasteiger partial charge < -0.3 is 34.7 Å². The standard InChI is InChI=1S/C12H18Cl2O9/c13-3-7(15)5-22-9(17)1-12(21,11(19)20)2-10(18)23-6-8(16)4-14/h7-8,15-16,21H,1-6H2,(H,19,20)/p-1. The molecule has 0 heterocycles. The molecule has 0 rings (SSSR count). The molecule has 0 aromatic heterocycles. The van der Waals surface area contributed by atoms with Crippen LogP contribution in [0.1, 0.15) is 12.8 Å². The highest BCUT2D eigenvalue weighted by Crippen LogP contribution is 2.17. The molecule has 0 aromatic carbocycles. The van der Waals surface area contributed by atoms with Crippen molar-refractivity contribution < 1.29 is 44.3 Å². The van der Waals surface area contributed by atoms with Crippen molar-refractivity contribution in [2.45, 2.75) is 30.7 Å². The highest BCUT2D eigenvalue weighted by molar-refractivity contribution is 6.18. The first-order valence-corrected chi connectivity index (χ1v) is 7.44. The van der Waals surface area contributed by atoms with Crippen LogP contribution in [0, 0.1) is 0 Å². The van der Waals surface area contributed by atoms with E-state index >= 15 is 0 Å². The Kier molecular flexibility index (Phi) is 10.1. The summed E-state index contributed by atoms with van der Waals surface area (Å²) >= 11 is 10.5. The minimum absolute atomic E-state index is 0.215. The second kappa shape index (κ2) is 10.6. The number of alkyl halides is 2. The van der Waals surface area contributed by atoms with Crippen LogP contribution in [0.25, 0.3) is 0 Å². The van der Waals surface area contributed by atoms with Crippen LogP contribution in [-0.4, -0.2) is 76.0 Å². The molecular formula is C12H17Cl2O9-. The molecular weight excluding hydrogens is 359 g/mol. The highest BCUT2D eigenvalue weighted by atomic mass is 35.5. The van der Waals surface area contributed by atoms with Gasteiger partial charge in [-0.1, -0.05) is 0 Å². The molecule has 9 nitrogen and oxygen atoms in total. The number of esters is 2. The molecule has 134 valence electrons. The topological polar surface area (TPSA) is 153 Å². The van der Waals surface area contributed by atoms with Crippen LogP contribution in [0.2, 0.25) is 0 Å². The minimum atomic E-state index is -2.86. The average Bonchev–Trinajstić information content (AvgIpc) is 2.49. The molecule has 0 aliphatic rings. The van der Waals surface area contributed by atoms with Crippen LogP contribution in [0.3, 0.4) is 0 Å². The zero-order valence-corrected chi connectivity index (χ0v) is 13.5. The van der Waals surface area contributed by atoms with Gasteiger partial charge in [-0.15, -0.1) is 23.2 Å². The summed E-state index contributed by atoms with van der Waals surface area (Å²) in [4.78, 5) is 33.8. The van der Waals surface area contributed by atoms with Gasteiger partial charge in [-0.2, -0.15) is 0 Å². The largest absolute Gasteiger partial charge is 0.547 e.